The monoisotopic (exact) mass is 406 g/mol. The molecule has 4 heterocycles. The Hall–Kier alpha value is -2.91. The van der Waals surface area contributed by atoms with Crippen LogP contribution in [0.25, 0.3) is 11.0 Å². The number of aromatic nitrogens is 5. The quantitative estimate of drug-likeness (QED) is 0.662. The molecule has 154 valence electrons. The minimum Gasteiger partial charge on any atom is -0.493 e. The number of anilines is 1. The van der Waals surface area contributed by atoms with Crippen molar-refractivity contribution in [2.45, 2.75) is 25.9 Å². The zero-order valence-corrected chi connectivity index (χ0v) is 16.1. The van der Waals surface area contributed by atoms with E-state index in [2.05, 4.69) is 25.0 Å². The summed E-state index contributed by atoms with van der Waals surface area (Å²) in [5, 5.41) is 5.17. The Morgan fingerprint density at radius 2 is 2.10 bits per heavy atom. The van der Waals surface area contributed by atoms with Crippen molar-refractivity contribution >= 4 is 16.9 Å². The van der Waals surface area contributed by atoms with Gasteiger partial charge in [-0.05, 0) is 25.8 Å². The van der Waals surface area contributed by atoms with Crippen LogP contribution in [0.2, 0.25) is 0 Å². The van der Waals surface area contributed by atoms with E-state index in [9.17, 15) is 13.2 Å². The van der Waals surface area contributed by atoms with Gasteiger partial charge in [0, 0.05) is 38.3 Å². The first kappa shape index (κ1) is 19.4. The molecule has 0 aliphatic carbocycles. The number of halogens is 3. The van der Waals surface area contributed by atoms with Crippen molar-refractivity contribution in [2.75, 3.05) is 24.6 Å². The minimum absolute atomic E-state index is 0.174. The highest BCUT2D eigenvalue weighted by atomic mass is 19.4. The van der Waals surface area contributed by atoms with Crippen LogP contribution in [0.5, 0.6) is 5.75 Å². The average molecular weight is 406 g/mol. The summed E-state index contributed by atoms with van der Waals surface area (Å²) < 4.78 is 45.8. The van der Waals surface area contributed by atoms with Crippen LogP contribution < -0.4 is 9.64 Å². The Morgan fingerprint density at radius 1 is 1.28 bits per heavy atom. The van der Waals surface area contributed by atoms with Gasteiger partial charge in [-0.25, -0.2) is 9.97 Å². The van der Waals surface area contributed by atoms with Gasteiger partial charge >= 0.3 is 6.18 Å². The highest BCUT2D eigenvalue weighted by molar-refractivity contribution is 5.87. The lowest BCUT2D eigenvalue weighted by Gasteiger charge is -2.33. The van der Waals surface area contributed by atoms with Crippen LogP contribution in [0.4, 0.5) is 19.0 Å². The number of nitrogens with zero attached hydrogens (tertiary/aromatic N) is 6. The van der Waals surface area contributed by atoms with Gasteiger partial charge in [-0.2, -0.15) is 18.3 Å². The van der Waals surface area contributed by atoms with E-state index in [1.54, 1.807) is 10.9 Å². The van der Waals surface area contributed by atoms with Crippen molar-refractivity contribution in [1.82, 2.24) is 24.7 Å². The van der Waals surface area contributed by atoms with E-state index in [4.69, 9.17) is 4.74 Å². The molecule has 0 amide bonds. The number of piperidine rings is 1. The van der Waals surface area contributed by atoms with Crippen molar-refractivity contribution in [2.24, 2.45) is 13.0 Å². The Balaban J connectivity index is 1.47. The van der Waals surface area contributed by atoms with E-state index in [-0.39, 0.29) is 11.7 Å². The largest absolute Gasteiger partial charge is 0.493 e. The Morgan fingerprint density at radius 3 is 2.90 bits per heavy atom. The molecule has 4 rings (SSSR count). The van der Waals surface area contributed by atoms with Gasteiger partial charge in [0.05, 0.1) is 18.2 Å². The normalized spacial score (nSPS) is 17.7. The summed E-state index contributed by atoms with van der Waals surface area (Å²) in [7, 11) is 1.84. The number of hydrogen-bond acceptors (Lipinski definition) is 6. The van der Waals surface area contributed by atoms with E-state index in [0.29, 0.717) is 19.0 Å². The van der Waals surface area contributed by atoms with E-state index in [0.717, 1.165) is 48.5 Å². The van der Waals surface area contributed by atoms with E-state index < -0.39 is 11.9 Å². The molecule has 0 spiro atoms. The Kier molecular flexibility index (Phi) is 5.01. The minimum atomic E-state index is -4.49. The third-order valence-electron chi connectivity index (χ3n) is 5.01. The second kappa shape index (κ2) is 7.49. The first-order chi connectivity index (χ1) is 13.8. The zero-order chi connectivity index (χ0) is 20.6. The first-order valence-corrected chi connectivity index (χ1v) is 9.38. The number of alkyl halides is 3. The molecule has 7 nitrogen and oxygen atoms in total. The summed E-state index contributed by atoms with van der Waals surface area (Å²) in [6, 6.07) is 2.39. The van der Waals surface area contributed by atoms with Gasteiger partial charge in [0.2, 0.25) is 0 Å². The lowest BCUT2D eigenvalue weighted by Crippen LogP contribution is -2.38. The van der Waals surface area contributed by atoms with Gasteiger partial charge in [-0.1, -0.05) is 0 Å². The number of rotatable bonds is 4. The second-order valence-electron chi connectivity index (χ2n) is 7.24. The summed E-state index contributed by atoms with van der Waals surface area (Å²) in [6.07, 6.45) is 0.284. The van der Waals surface area contributed by atoms with Crippen molar-refractivity contribution in [1.29, 1.82) is 0 Å². The summed E-state index contributed by atoms with van der Waals surface area (Å²) >= 11 is 0. The summed E-state index contributed by atoms with van der Waals surface area (Å²) in [5.41, 5.74) is -0.168. The second-order valence-corrected chi connectivity index (χ2v) is 7.24. The van der Waals surface area contributed by atoms with Crippen LogP contribution in [0.1, 0.15) is 24.4 Å². The smallest absolute Gasteiger partial charge is 0.433 e. The number of aryl methyl sites for hydroxylation is 2. The molecular formula is C19H21F3N6O. The Labute approximate surface area is 165 Å². The fourth-order valence-electron chi connectivity index (χ4n) is 3.62. The molecule has 1 aliphatic rings. The molecule has 29 heavy (non-hydrogen) atoms. The number of fused-ring (bicyclic) bond motifs is 1. The van der Waals surface area contributed by atoms with E-state index in [1.807, 2.05) is 14.0 Å². The van der Waals surface area contributed by atoms with E-state index in [1.165, 1.54) is 6.07 Å². The van der Waals surface area contributed by atoms with Gasteiger partial charge in [0.1, 0.15) is 23.1 Å². The molecule has 1 atom stereocenters. The van der Waals surface area contributed by atoms with Crippen LogP contribution in [-0.2, 0) is 13.2 Å². The van der Waals surface area contributed by atoms with Crippen LogP contribution >= 0.6 is 0 Å². The maximum atomic E-state index is 12.8. The third-order valence-corrected chi connectivity index (χ3v) is 5.01. The Bertz CT molecular complexity index is 1020. The lowest BCUT2D eigenvalue weighted by atomic mass is 9.99. The zero-order valence-electron chi connectivity index (χ0n) is 16.1. The molecular weight excluding hydrogens is 385 g/mol. The SMILES string of the molecule is Cc1nc(N2CCCC(COc3ccnc(C(F)(F)F)c3)C2)c2cnn(C)c2n1. The predicted octanol–water partition coefficient (Wildman–Crippen LogP) is 3.38. The molecule has 0 aromatic carbocycles. The van der Waals surface area contributed by atoms with Gasteiger partial charge in [0.25, 0.3) is 0 Å². The average Bonchev–Trinajstić information content (AvgIpc) is 3.06. The molecule has 0 saturated carbocycles. The molecule has 1 fully saturated rings. The topological polar surface area (TPSA) is 69.0 Å². The fraction of sp³-hybridized carbons (Fsp3) is 0.474. The molecule has 0 radical (unpaired) electrons. The molecule has 1 unspecified atom stereocenters. The van der Waals surface area contributed by atoms with Crippen LogP contribution in [0.15, 0.2) is 24.5 Å². The van der Waals surface area contributed by atoms with Crippen LogP contribution in [0.3, 0.4) is 0 Å². The van der Waals surface area contributed by atoms with Crippen molar-refractivity contribution < 1.29 is 17.9 Å². The molecule has 1 aliphatic heterocycles. The van der Waals surface area contributed by atoms with Crippen molar-refractivity contribution in [3.05, 3.63) is 36.0 Å². The summed E-state index contributed by atoms with van der Waals surface area (Å²) in [4.78, 5) is 14.6. The maximum Gasteiger partial charge on any atom is 0.433 e. The number of hydrogen-bond donors (Lipinski definition) is 0. The third kappa shape index (κ3) is 4.10. The molecule has 3 aromatic heterocycles. The number of pyridine rings is 1. The van der Waals surface area contributed by atoms with Gasteiger partial charge in [-0.15, -0.1) is 0 Å². The highest BCUT2D eigenvalue weighted by Crippen LogP contribution is 2.31. The lowest BCUT2D eigenvalue weighted by molar-refractivity contribution is -0.141. The summed E-state index contributed by atoms with van der Waals surface area (Å²) in [5.74, 6) is 1.87. The van der Waals surface area contributed by atoms with Gasteiger partial charge in [-0.3, -0.25) is 9.67 Å². The fourth-order valence-corrected chi connectivity index (χ4v) is 3.62. The van der Waals surface area contributed by atoms with Gasteiger partial charge in [0.15, 0.2) is 5.65 Å². The highest BCUT2D eigenvalue weighted by Gasteiger charge is 2.33. The molecule has 3 aromatic rings. The van der Waals surface area contributed by atoms with E-state index >= 15 is 0 Å². The van der Waals surface area contributed by atoms with Crippen molar-refractivity contribution in [3.8, 4) is 5.75 Å². The number of ether oxygens (including phenoxy) is 1. The van der Waals surface area contributed by atoms with Crippen LogP contribution in [-0.4, -0.2) is 44.4 Å². The van der Waals surface area contributed by atoms with Crippen LogP contribution in [0, 0.1) is 12.8 Å². The summed E-state index contributed by atoms with van der Waals surface area (Å²) in [6.45, 7) is 3.74. The maximum absolute atomic E-state index is 12.8. The first-order valence-electron chi connectivity index (χ1n) is 9.38. The predicted molar refractivity (Wildman–Crippen MR) is 101 cm³/mol. The molecule has 0 N–H and O–H groups in total. The standard InChI is InChI=1S/C19H21F3N6O/c1-12-25-17-15(9-24-27(17)2)18(26-12)28-7-3-4-13(10-28)11-29-14-5-6-23-16(8-14)19(20,21)22/h5-6,8-9,13H,3-4,7,10-11H2,1-2H3. The molecule has 10 heteroatoms. The van der Waals surface area contributed by atoms with Crippen molar-refractivity contribution in [3.63, 3.8) is 0 Å². The molecule has 1 saturated heterocycles. The van der Waals surface area contributed by atoms with Gasteiger partial charge < -0.3 is 9.64 Å². The molecule has 0 bridgehead atoms.